The van der Waals surface area contributed by atoms with Crippen LogP contribution in [0.1, 0.15) is 63.3 Å². The Kier molecular flexibility index (Phi) is 5.41. The van der Waals surface area contributed by atoms with E-state index in [1.165, 1.54) is 6.42 Å². The molecule has 1 unspecified atom stereocenters. The van der Waals surface area contributed by atoms with Crippen molar-refractivity contribution in [1.82, 2.24) is 15.0 Å². The lowest BCUT2D eigenvalue weighted by atomic mass is 9.87. The van der Waals surface area contributed by atoms with Crippen molar-refractivity contribution in [3.63, 3.8) is 0 Å². The maximum absolute atomic E-state index is 13.1. The summed E-state index contributed by atoms with van der Waals surface area (Å²) in [5.74, 6) is 2.36. The second-order valence-electron chi connectivity index (χ2n) is 7.56. The predicted molar refractivity (Wildman–Crippen MR) is 101 cm³/mol. The van der Waals surface area contributed by atoms with Gasteiger partial charge in [0, 0.05) is 18.0 Å². The summed E-state index contributed by atoms with van der Waals surface area (Å²) in [5, 5.41) is 4.16. The molecule has 1 saturated heterocycles. The Hall–Kier alpha value is -2.37. The smallest absolute Gasteiger partial charge is 0.249 e. The van der Waals surface area contributed by atoms with Crippen LogP contribution in [0.15, 0.2) is 28.8 Å². The van der Waals surface area contributed by atoms with Gasteiger partial charge in [0.2, 0.25) is 17.6 Å². The Morgan fingerprint density at radius 2 is 1.81 bits per heavy atom. The molecule has 1 aromatic heterocycles. The molecule has 0 spiro atoms. The van der Waals surface area contributed by atoms with E-state index in [-0.39, 0.29) is 17.9 Å². The number of piperidine rings is 1. The fourth-order valence-electron chi connectivity index (χ4n) is 4.26. The molecule has 1 atom stereocenters. The highest BCUT2D eigenvalue weighted by Crippen LogP contribution is 2.35. The molecule has 144 valence electrons. The third kappa shape index (κ3) is 3.84. The van der Waals surface area contributed by atoms with Gasteiger partial charge in [0.25, 0.3) is 0 Å². The summed E-state index contributed by atoms with van der Waals surface area (Å²) in [6, 6.07) is 7.50. The molecule has 1 aromatic carbocycles. The molecule has 0 bridgehead atoms. The molecule has 27 heavy (non-hydrogen) atoms. The van der Waals surface area contributed by atoms with Crippen molar-refractivity contribution in [3.05, 3.63) is 30.2 Å². The molecule has 2 heterocycles. The molecule has 2 aliphatic rings. The average molecular weight is 369 g/mol. The van der Waals surface area contributed by atoms with E-state index in [4.69, 9.17) is 9.26 Å². The minimum Gasteiger partial charge on any atom is -0.497 e. The highest BCUT2D eigenvalue weighted by molar-refractivity contribution is 5.79. The Morgan fingerprint density at radius 3 is 2.56 bits per heavy atom. The lowest BCUT2D eigenvalue weighted by Gasteiger charge is -2.36. The standard InChI is InChI=1S/C21H27N3O3/c1-26-17-12-10-15(11-13-17)19-22-20(27-23-19)18-9-5-6-14-24(18)21(25)16-7-3-2-4-8-16/h10-13,16,18H,2-9,14H2,1H3. The summed E-state index contributed by atoms with van der Waals surface area (Å²) >= 11 is 0. The van der Waals surface area contributed by atoms with Gasteiger partial charge in [0.15, 0.2) is 0 Å². The Bertz CT molecular complexity index is 765. The van der Waals surface area contributed by atoms with Gasteiger partial charge >= 0.3 is 0 Å². The van der Waals surface area contributed by atoms with Crippen LogP contribution in [0, 0.1) is 5.92 Å². The summed E-state index contributed by atoms with van der Waals surface area (Å²) in [7, 11) is 1.64. The van der Waals surface area contributed by atoms with Crippen molar-refractivity contribution >= 4 is 5.91 Å². The number of likely N-dealkylation sites (tertiary alicyclic amines) is 1. The molecule has 0 N–H and O–H groups in total. The van der Waals surface area contributed by atoms with Crippen LogP contribution in [0.3, 0.4) is 0 Å². The van der Waals surface area contributed by atoms with E-state index in [0.29, 0.717) is 11.7 Å². The zero-order valence-electron chi connectivity index (χ0n) is 15.9. The van der Waals surface area contributed by atoms with E-state index in [1.54, 1.807) is 7.11 Å². The van der Waals surface area contributed by atoms with Gasteiger partial charge in [-0.05, 0) is 56.4 Å². The Morgan fingerprint density at radius 1 is 1.07 bits per heavy atom. The normalized spacial score (nSPS) is 21.2. The topological polar surface area (TPSA) is 68.5 Å². The van der Waals surface area contributed by atoms with Crippen LogP contribution in [-0.4, -0.2) is 34.6 Å². The third-order valence-electron chi connectivity index (χ3n) is 5.82. The molecular weight excluding hydrogens is 342 g/mol. The second kappa shape index (κ2) is 8.11. The summed E-state index contributed by atoms with van der Waals surface area (Å²) in [4.78, 5) is 19.7. The van der Waals surface area contributed by atoms with Crippen molar-refractivity contribution < 1.29 is 14.1 Å². The number of carbonyl (C=O) groups is 1. The van der Waals surface area contributed by atoms with Gasteiger partial charge in [-0.1, -0.05) is 24.4 Å². The number of carbonyl (C=O) groups excluding carboxylic acids is 1. The van der Waals surface area contributed by atoms with Crippen LogP contribution in [0.2, 0.25) is 0 Å². The average Bonchev–Trinajstić information content (AvgIpc) is 3.24. The number of ether oxygens (including phenoxy) is 1. The van der Waals surface area contributed by atoms with Crippen LogP contribution in [0.25, 0.3) is 11.4 Å². The lowest BCUT2D eigenvalue weighted by molar-refractivity contribution is -0.141. The van der Waals surface area contributed by atoms with E-state index in [2.05, 4.69) is 10.1 Å². The summed E-state index contributed by atoms with van der Waals surface area (Å²) in [6.07, 6.45) is 8.64. The van der Waals surface area contributed by atoms with Gasteiger partial charge in [-0.25, -0.2) is 0 Å². The summed E-state index contributed by atoms with van der Waals surface area (Å²) < 4.78 is 10.8. The van der Waals surface area contributed by atoms with E-state index in [9.17, 15) is 4.79 Å². The van der Waals surface area contributed by atoms with Crippen molar-refractivity contribution in [3.8, 4) is 17.1 Å². The molecule has 6 heteroatoms. The molecule has 2 aromatic rings. The van der Waals surface area contributed by atoms with Crippen LogP contribution in [-0.2, 0) is 4.79 Å². The minimum atomic E-state index is -0.0901. The van der Waals surface area contributed by atoms with Gasteiger partial charge in [-0.2, -0.15) is 4.98 Å². The first-order chi connectivity index (χ1) is 13.3. The Labute approximate surface area is 159 Å². The second-order valence-corrected chi connectivity index (χ2v) is 7.56. The number of rotatable bonds is 4. The molecule has 0 radical (unpaired) electrons. The van der Waals surface area contributed by atoms with Gasteiger partial charge in [-0.15, -0.1) is 0 Å². The summed E-state index contributed by atoms with van der Waals surface area (Å²) in [5.41, 5.74) is 0.881. The first kappa shape index (κ1) is 18.0. The third-order valence-corrected chi connectivity index (χ3v) is 5.82. The van der Waals surface area contributed by atoms with Gasteiger partial charge in [0.1, 0.15) is 11.8 Å². The maximum Gasteiger partial charge on any atom is 0.249 e. The number of amides is 1. The van der Waals surface area contributed by atoms with E-state index >= 15 is 0 Å². The van der Waals surface area contributed by atoms with Crippen molar-refractivity contribution in [1.29, 1.82) is 0 Å². The molecule has 6 nitrogen and oxygen atoms in total. The number of aromatic nitrogens is 2. The number of nitrogens with zero attached hydrogens (tertiary/aromatic N) is 3. The van der Waals surface area contributed by atoms with Crippen LogP contribution >= 0.6 is 0 Å². The quantitative estimate of drug-likeness (QED) is 0.800. The van der Waals surface area contributed by atoms with Gasteiger partial charge < -0.3 is 14.2 Å². The number of hydrogen-bond donors (Lipinski definition) is 0. The molecule has 4 rings (SSSR count). The van der Waals surface area contributed by atoms with Crippen LogP contribution < -0.4 is 4.74 Å². The summed E-state index contributed by atoms with van der Waals surface area (Å²) in [6.45, 7) is 0.792. The Balaban J connectivity index is 1.53. The molecular formula is C21H27N3O3. The number of methoxy groups -OCH3 is 1. The lowest BCUT2D eigenvalue weighted by Crippen LogP contribution is -2.42. The molecule has 2 fully saturated rings. The first-order valence-electron chi connectivity index (χ1n) is 10.0. The molecule has 1 saturated carbocycles. The molecule has 1 aliphatic carbocycles. The van der Waals surface area contributed by atoms with E-state index in [0.717, 1.165) is 62.8 Å². The first-order valence-corrected chi connectivity index (χ1v) is 10.0. The van der Waals surface area contributed by atoms with Crippen LogP contribution in [0.4, 0.5) is 0 Å². The monoisotopic (exact) mass is 369 g/mol. The predicted octanol–water partition coefficient (Wildman–Crippen LogP) is 4.38. The van der Waals surface area contributed by atoms with Crippen molar-refractivity contribution in [2.45, 2.75) is 57.4 Å². The van der Waals surface area contributed by atoms with Gasteiger partial charge in [-0.3, -0.25) is 4.79 Å². The SMILES string of the molecule is COc1ccc(-c2noc(C3CCCCN3C(=O)C3CCCCC3)n2)cc1. The number of benzene rings is 1. The fraction of sp³-hybridized carbons (Fsp3) is 0.571. The fourth-order valence-corrected chi connectivity index (χ4v) is 4.26. The minimum absolute atomic E-state index is 0.0901. The largest absolute Gasteiger partial charge is 0.497 e. The maximum atomic E-state index is 13.1. The molecule has 1 amide bonds. The van der Waals surface area contributed by atoms with Crippen molar-refractivity contribution in [2.24, 2.45) is 5.92 Å². The highest BCUT2D eigenvalue weighted by Gasteiger charge is 2.35. The molecule has 1 aliphatic heterocycles. The highest BCUT2D eigenvalue weighted by atomic mass is 16.5. The van der Waals surface area contributed by atoms with Crippen LogP contribution in [0.5, 0.6) is 5.75 Å². The number of hydrogen-bond acceptors (Lipinski definition) is 5. The van der Waals surface area contributed by atoms with E-state index in [1.807, 2.05) is 29.2 Å². The van der Waals surface area contributed by atoms with Crippen molar-refractivity contribution in [2.75, 3.05) is 13.7 Å². The van der Waals surface area contributed by atoms with E-state index < -0.39 is 0 Å². The zero-order chi connectivity index (χ0) is 18.6. The zero-order valence-corrected chi connectivity index (χ0v) is 15.9. The van der Waals surface area contributed by atoms with Gasteiger partial charge in [0.05, 0.1) is 7.11 Å².